The van der Waals surface area contributed by atoms with Crippen molar-refractivity contribution in [2.24, 2.45) is 0 Å². The first-order valence-corrected chi connectivity index (χ1v) is 37.6. The molecule has 596 valence electrons. The average Bonchev–Trinajstić information content (AvgIpc) is 1.78. The molecule has 2 aliphatic heterocycles. The Morgan fingerprint density at radius 3 is 1.26 bits per heavy atom. The second-order valence-corrected chi connectivity index (χ2v) is 26.3. The van der Waals surface area contributed by atoms with Crippen LogP contribution in [-0.4, -0.2) is 144 Å². The summed E-state index contributed by atoms with van der Waals surface area (Å²) in [6, 6.07) is 61.0. The number of fused-ring (bicyclic) bond motifs is 3. The number of para-hydroxylation sites is 6. The lowest BCUT2D eigenvalue weighted by Gasteiger charge is -2.26. The van der Waals surface area contributed by atoms with Crippen LogP contribution in [0.3, 0.4) is 0 Å². The Kier molecular flexibility index (Phi) is 28.1. The van der Waals surface area contributed by atoms with Gasteiger partial charge in [0, 0.05) is 98.0 Å². The highest BCUT2D eigenvalue weighted by Gasteiger charge is 2.37. The Bertz CT molecular complexity index is 5650. The molecule has 3 aromatic heterocycles. The van der Waals surface area contributed by atoms with Crippen LogP contribution in [0.5, 0.6) is 69.0 Å². The first-order valence-electron chi connectivity index (χ1n) is 37.1. The van der Waals surface area contributed by atoms with Crippen LogP contribution in [0.4, 0.5) is 51.2 Å². The summed E-state index contributed by atoms with van der Waals surface area (Å²) in [5.74, 6) is 6.30. The van der Waals surface area contributed by atoms with Crippen LogP contribution in [0.25, 0.3) is 32.7 Å². The van der Waals surface area contributed by atoms with Gasteiger partial charge in [0.2, 0.25) is 0 Å². The van der Waals surface area contributed by atoms with Crippen molar-refractivity contribution in [1.82, 2.24) is 35.8 Å². The largest absolute Gasteiger partial charge is 0.495 e. The van der Waals surface area contributed by atoms with E-state index in [-0.39, 0.29) is 30.9 Å². The van der Waals surface area contributed by atoms with Crippen molar-refractivity contribution in [2.75, 3.05) is 133 Å². The molecule has 0 spiro atoms. The lowest BCUT2D eigenvalue weighted by atomic mass is 10.1. The Morgan fingerprint density at radius 2 is 0.880 bits per heavy atom. The standard InChI is InChI=1S/C33H36N6O5.C28H24ClN5O4.C26H23N5O4/c1-35-32(40)22-43-29-6-3-4-7-30(29)44-25-10-8-24(9-11-25)38-33-23(20-34)21-37-27-19-28(31(41-2)18-26(27)33)36-12-5-13-39-14-16-42-17-15-39;1-36-25-13-20-21(14-22(25)31-12-4-11-29)32-16-17(15-30)26(20)33-18-7-9-19(10-8-18)37-23-5-2-3-6-24(23)38-28-27(35)34-28;1-29-25(32)15-34-22-5-3-4-6-23(22)35-18-9-7-17(8-10-18)31-26-16(13-27)14-30-21-12-20(28)24(33-2)11-19(21)26/h3-4,6-11,18-19,21,36H,5,12-17,22H2,1-2H3,(H,35,40)(H,37,38);2-3,5-10,13-14,16,28,31H,4,11-12H2,1H3,(H,32,33)(H,34,35);3-12,14H,15,28H2,1-2H3,(H,29,32)(H,30,31). The predicted molar refractivity (Wildman–Crippen MR) is 448 cm³/mol. The number of carbonyl (C=O) groups excluding carboxylic acids is 3. The van der Waals surface area contributed by atoms with Gasteiger partial charge in [-0.2, -0.15) is 15.8 Å². The fraction of sp³-hybridized carbons (Fsp3) is 0.207. The summed E-state index contributed by atoms with van der Waals surface area (Å²) >= 11 is 5.80. The number of nitrogen functional groups attached to an aromatic ring is 1. The third-order valence-corrected chi connectivity index (χ3v) is 18.5. The first kappa shape index (κ1) is 81.8. The van der Waals surface area contributed by atoms with Crippen LogP contribution < -0.4 is 90.9 Å². The molecule has 2 fully saturated rings. The molecule has 0 saturated carbocycles. The Balaban J connectivity index is 0.000000163. The molecular weight excluding hydrogens is 1510 g/mol. The van der Waals surface area contributed by atoms with Crippen LogP contribution in [0.1, 0.15) is 29.5 Å². The minimum atomic E-state index is -0.632. The Hall–Kier alpha value is -14.7. The van der Waals surface area contributed by atoms with Crippen LogP contribution in [0.2, 0.25) is 0 Å². The number of aromatic nitrogens is 3. The van der Waals surface area contributed by atoms with E-state index in [2.05, 4.69) is 80.6 Å². The number of hydrogen-bond acceptors (Lipinski definition) is 26. The summed E-state index contributed by atoms with van der Waals surface area (Å²) in [6.07, 6.45) is 5.80. The van der Waals surface area contributed by atoms with Crippen molar-refractivity contribution < 1.29 is 61.8 Å². The molecule has 0 aliphatic carbocycles. The number of alkyl halides is 1. The molecule has 0 radical (unpaired) electrons. The van der Waals surface area contributed by atoms with Gasteiger partial charge in [0.15, 0.2) is 47.7 Å². The van der Waals surface area contributed by atoms with E-state index in [0.29, 0.717) is 137 Å². The second-order valence-electron chi connectivity index (χ2n) is 26.0. The van der Waals surface area contributed by atoms with E-state index in [1.807, 2.05) is 103 Å². The number of hydrogen-bond donors (Lipinski definition) is 9. The number of nitrogens with two attached hydrogens (primary N) is 1. The zero-order valence-corrected chi connectivity index (χ0v) is 65.3. The summed E-state index contributed by atoms with van der Waals surface area (Å²) < 4.78 is 56.8. The van der Waals surface area contributed by atoms with Crippen LogP contribution in [0, 0.1) is 34.0 Å². The number of benzene rings is 9. The number of methoxy groups -OCH3 is 3. The normalized spacial score (nSPS) is 12.5. The van der Waals surface area contributed by atoms with Gasteiger partial charge >= 0.3 is 0 Å². The lowest BCUT2D eigenvalue weighted by Crippen LogP contribution is -2.37. The highest BCUT2D eigenvalue weighted by molar-refractivity contribution is 6.17. The maximum atomic E-state index is 11.6. The molecule has 30 heteroatoms. The van der Waals surface area contributed by atoms with E-state index in [0.717, 1.165) is 97.0 Å². The Morgan fingerprint density at radius 1 is 0.513 bits per heavy atom. The fourth-order valence-corrected chi connectivity index (χ4v) is 12.2. The zero-order chi connectivity index (χ0) is 82.0. The molecule has 2 aliphatic rings. The van der Waals surface area contributed by atoms with Gasteiger partial charge in [-0.15, -0.1) is 11.6 Å². The van der Waals surface area contributed by atoms with Gasteiger partial charge in [-0.25, -0.2) is 0 Å². The van der Waals surface area contributed by atoms with Gasteiger partial charge in [0.05, 0.1) is 102 Å². The monoisotopic (exact) mass is 1590 g/mol. The van der Waals surface area contributed by atoms with Crippen molar-refractivity contribution in [3.63, 3.8) is 0 Å². The SMILES string of the molecule is CNC(=O)COc1ccccc1Oc1ccc(Nc2c(C#N)cnc3cc(N)c(OC)cc23)cc1.CNC(=O)COc1ccccc1Oc1ccc(Nc2c(C#N)cnc3cc(NCCCN4CCOCC4)c(OC)cc23)cc1.COc1cc2c(Nc3ccc(Oc4ccccc4OC4NC4=O)cc3)c(C#N)cnc2cc1NCCCCl. The highest BCUT2D eigenvalue weighted by atomic mass is 35.5. The molecule has 12 aromatic rings. The van der Waals surface area contributed by atoms with Gasteiger partial charge in [-0.1, -0.05) is 36.4 Å². The fourth-order valence-electron chi connectivity index (χ4n) is 12.1. The minimum Gasteiger partial charge on any atom is -0.495 e. The maximum absolute atomic E-state index is 11.6. The molecule has 3 amide bonds. The van der Waals surface area contributed by atoms with Gasteiger partial charge < -0.3 is 95.6 Å². The summed E-state index contributed by atoms with van der Waals surface area (Å²) in [7, 11) is 7.87. The van der Waals surface area contributed by atoms with E-state index < -0.39 is 6.23 Å². The summed E-state index contributed by atoms with van der Waals surface area (Å²) in [6.45, 7) is 5.80. The molecular formula is C87H83ClN16O13. The Labute approximate surface area is 679 Å². The molecule has 0 bridgehead atoms. The maximum Gasteiger partial charge on any atom is 0.285 e. The number of rotatable bonds is 32. The molecule has 1 atom stereocenters. The van der Waals surface area contributed by atoms with Gasteiger partial charge in [0.25, 0.3) is 23.9 Å². The molecule has 10 N–H and O–H groups in total. The molecule has 29 nitrogen and oxygen atoms in total. The number of nitrogens with zero attached hydrogens (tertiary/aromatic N) is 7. The molecule has 5 heterocycles. The van der Waals surface area contributed by atoms with Crippen molar-refractivity contribution >= 4 is 113 Å². The van der Waals surface area contributed by atoms with E-state index >= 15 is 0 Å². The van der Waals surface area contributed by atoms with Gasteiger partial charge in [-0.05, 0) is 165 Å². The number of nitriles is 3. The van der Waals surface area contributed by atoms with Crippen molar-refractivity contribution in [3.8, 4) is 87.2 Å². The van der Waals surface area contributed by atoms with Crippen LogP contribution in [-0.2, 0) is 19.1 Å². The average molecular weight is 1600 g/mol. The summed E-state index contributed by atoms with van der Waals surface area (Å²) in [5.41, 5.74) is 15.5. The number of carbonyl (C=O) groups is 3. The van der Waals surface area contributed by atoms with E-state index in [1.54, 1.807) is 120 Å². The minimum absolute atomic E-state index is 0.113. The third kappa shape index (κ3) is 21.5. The van der Waals surface area contributed by atoms with Crippen LogP contribution in [0.15, 0.2) is 201 Å². The quantitative estimate of drug-likeness (QED) is 0.00818. The lowest BCUT2D eigenvalue weighted by molar-refractivity contribution is -0.123. The number of nitrogens with one attached hydrogen (secondary N) is 8. The molecule has 9 aromatic carbocycles. The summed E-state index contributed by atoms with van der Waals surface area (Å²) in [4.78, 5) is 50.1. The number of ether oxygens (including phenoxy) is 10. The van der Waals surface area contributed by atoms with E-state index in [4.69, 9.17) is 64.7 Å². The molecule has 14 rings (SSSR count). The number of amides is 3. The van der Waals surface area contributed by atoms with Gasteiger partial charge in [-0.3, -0.25) is 34.2 Å². The number of halogens is 1. The zero-order valence-electron chi connectivity index (χ0n) is 64.5. The third-order valence-electron chi connectivity index (χ3n) is 18.2. The molecule has 117 heavy (non-hydrogen) atoms. The summed E-state index contributed by atoms with van der Waals surface area (Å²) in [5, 5.41) is 55.9. The first-order chi connectivity index (χ1) is 57.2. The number of pyridine rings is 3. The van der Waals surface area contributed by atoms with Crippen molar-refractivity contribution in [2.45, 2.75) is 19.1 Å². The van der Waals surface area contributed by atoms with Crippen molar-refractivity contribution in [1.29, 1.82) is 15.8 Å². The second kappa shape index (κ2) is 40.2. The van der Waals surface area contributed by atoms with E-state index in [9.17, 15) is 30.2 Å². The topological polar surface area (TPSA) is 389 Å². The highest BCUT2D eigenvalue weighted by Crippen LogP contribution is 2.42. The number of morpholine rings is 1. The van der Waals surface area contributed by atoms with Crippen molar-refractivity contribution in [3.05, 3.63) is 217 Å². The number of likely N-dealkylation sites (N-methyl/N-ethyl adjacent to an activating group) is 2. The molecule has 1 unspecified atom stereocenters. The van der Waals surface area contributed by atoms with Crippen LogP contribution >= 0.6 is 11.6 Å². The number of anilines is 9. The predicted octanol–water partition coefficient (Wildman–Crippen LogP) is 14.8. The van der Waals surface area contributed by atoms with Gasteiger partial charge in [0.1, 0.15) is 52.7 Å². The van der Waals surface area contributed by atoms with E-state index in [1.165, 1.54) is 13.3 Å². The smallest absolute Gasteiger partial charge is 0.285 e. The molecule has 2 saturated heterocycles.